The van der Waals surface area contributed by atoms with Crippen molar-refractivity contribution in [1.29, 1.82) is 0 Å². The Balaban J connectivity index is 3.12. The molecule has 1 amide bonds. The van der Waals surface area contributed by atoms with E-state index in [1.807, 2.05) is 25.7 Å². The number of aromatic nitrogens is 2. The van der Waals surface area contributed by atoms with E-state index in [4.69, 9.17) is 5.73 Å². The molecule has 0 bridgehead atoms. The van der Waals surface area contributed by atoms with E-state index in [0.29, 0.717) is 12.4 Å². The van der Waals surface area contributed by atoms with Gasteiger partial charge in [0.1, 0.15) is 18.0 Å². The third-order valence-electron chi connectivity index (χ3n) is 2.77. The van der Waals surface area contributed by atoms with Gasteiger partial charge in [0.25, 0.3) is 0 Å². The number of amides is 1. The number of nitrogens with zero attached hydrogens (tertiary/aromatic N) is 3. The lowest BCUT2D eigenvalue weighted by Crippen LogP contribution is -2.36. The topological polar surface area (TPSA) is 84.1 Å². The lowest BCUT2D eigenvalue weighted by atomic mass is 10.0. The van der Waals surface area contributed by atoms with Gasteiger partial charge in [0.15, 0.2) is 0 Å². The SMILES string of the molecule is CCN(CC(=O)NC)c1ncnc(N)c1C(C)C. The zero-order chi connectivity index (χ0) is 13.7. The van der Waals surface area contributed by atoms with Crippen LogP contribution in [0.1, 0.15) is 32.3 Å². The smallest absolute Gasteiger partial charge is 0.239 e. The monoisotopic (exact) mass is 251 g/mol. The molecule has 0 aliphatic heterocycles. The molecule has 0 unspecified atom stereocenters. The molecule has 1 aromatic rings. The van der Waals surface area contributed by atoms with Crippen LogP contribution in [-0.2, 0) is 4.79 Å². The van der Waals surface area contributed by atoms with Gasteiger partial charge in [0, 0.05) is 19.2 Å². The van der Waals surface area contributed by atoms with Crippen LogP contribution >= 0.6 is 0 Å². The maximum atomic E-state index is 11.5. The summed E-state index contributed by atoms with van der Waals surface area (Å²) in [4.78, 5) is 21.7. The fourth-order valence-corrected chi connectivity index (χ4v) is 1.79. The Morgan fingerprint density at radius 2 is 2.17 bits per heavy atom. The Morgan fingerprint density at radius 1 is 1.50 bits per heavy atom. The maximum absolute atomic E-state index is 11.5. The van der Waals surface area contributed by atoms with E-state index in [1.165, 1.54) is 6.33 Å². The molecule has 1 heterocycles. The number of likely N-dealkylation sites (N-methyl/N-ethyl adjacent to an activating group) is 2. The fraction of sp³-hybridized carbons (Fsp3) is 0.583. The molecule has 18 heavy (non-hydrogen) atoms. The number of nitrogens with one attached hydrogen (secondary N) is 1. The van der Waals surface area contributed by atoms with E-state index < -0.39 is 0 Å². The molecule has 6 heteroatoms. The molecule has 0 saturated heterocycles. The largest absolute Gasteiger partial charge is 0.383 e. The number of carbonyl (C=O) groups excluding carboxylic acids is 1. The van der Waals surface area contributed by atoms with Crippen LogP contribution in [0, 0.1) is 0 Å². The van der Waals surface area contributed by atoms with E-state index in [1.54, 1.807) is 7.05 Å². The zero-order valence-corrected chi connectivity index (χ0v) is 11.4. The van der Waals surface area contributed by atoms with Crippen LogP contribution in [0.5, 0.6) is 0 Å². The summed E-state index contributed by atoms with van der Waals surface area (Å²) >= 11 is 0. The van der Waals surface area contributed by atoms with E-state index >= 15 is 0 Å². The highest BCUT2D eigenvalue weighted by molar-refractivity contribution is 5.81. The Kier molecular flexibility index (Phi) is 4.88. The van der Waals surface area contributed by atoms with Gasteiger partial charge in [0.2, 0.25) is 5.91 Å². The third kappa shape index (κ3) is 3.09. The standard InChI is InChI=1S/C12H21N5O/c1-5-17(6-9(18)14-4)12-10(8(2)3)11(13)15-7-16-12/h7-8H,5-6H2,1-4H3,(H,14,18)(H2,13,15,16). The molecule has 1 aromatic heterocycles. The lowest BCUT2D eigenvalue weighted by molar-refractivity contribution is -0.119. The summed E-state index contributed by atoms with van der Waals surface area (Å²) in [6, 6.07) is 0. The summed E-state index contributed by atoms with van der Waals surface area (Å²) in [7, 11) is 1.62. The van der Waals surface area contributed by atoms with Crippen molar-refractivity contribution in [1.82, 2.24) is 15.3 Å². The molecule has 0 spiro atoms. The van der Waals surface area contributed by atoms with Gasteiger partial charge in [-0.1, -0.05) is 13.8 Å². The lowest BCUT2D eigenvalue weighted by Gasteiger charge is -2.25. The summed E-state index contributed by atoms with van der Waals surface area (Å²) < 4.78 is 0. The van der Waals surface area contributed by atoms with Gasteiger partial charge in [0.05, 0.1) is 6.54 Å². The molecule has 100 valence electrons. The number of rotatable bonds is 5. The second-order valence-electron chi connectivity index (χ2n) is 4.34. The summed E-state index contributed by atoms with van der Waals surface area (Å²) in [6.45, 7) is 7.00. The molecule has 0 atom stereocenters. The molecular weight excluding hydrogens is 230 g/mol. The van der Waals surface area contributed by atoms with E-state index in [2.05, 4.69) is 15.3 Å². The number of nitrogen functional groups attached to an aromatic ring is 1. The second-order valence-corrected chi connectivity index (χ2v) is 4.34. The minimum atomic E-state index is -0.0521. The number of nitrogens with two attached hydrogens (primary N) is 1. The Hall–Kier alpha value is -1.85. The van der Waals surface area contributed by atoms with E-state index in [9.17, 15) is 4.79 Å². The molecule has 0 aliphatic carbocycles. The minimum Gasteiger partial charge on any atom is -0.383 e. The molecule has 1 rings (SSSR count). The highest BCUT2D eigenvalue weighted by Gasteiger charge is 2.19. The minimum absolute atomic E-state index is 0.0521. The van der Waals surface area contributed by atoms with Crippen LogP contribution in [0.15, 0.2) is 6.33 Å². The Morgan fingerprint density at radius 3 is 2.67 bits per heavy atom. The van der Waals surface area contributed by atoms with Gasteiger partial charge in [-0.25, -0.2) is 9.97 Å². The highest BCUT2D eigenvalue weighted by Crippen LogP contribution is 2.28. The first-order valence-electron chi connectivity index (χ1n) is 6.07. The van der Waals surface area contributed by atoms with Crippen LogP contribution in [0.2, 0.25) is 0 Å². The van der Waals surface area contributed by atoms with Crippen LogP contribution in [-0.4, -0.2) is 36.0 Å². The van der Waals surface area contributed by atoms with Gasteiger partial charge in [-0.05, 0) is 12.8 Å². The molecular formula is C12H21N5O. The van der Waals surface area contributed by atoms with Crippen molar-refractivity contribution in [2.75, 3.05) is 30.8 Å². The van der Waals surface area contributed by atoms with Crippen molar-refractivity contribution in [2.45, 2.75) is 26.7 Å². The molecule has 0 saturated carbocycles. The van der Waals surface area contributed by atoms with E-state index in [-0.39, 0.29) is 18.4 Å². The summed E-state index contributed by atoms with van der Waals surface area (Å²) in [5, 5.41) is 2.61. The molecule has 0 aliphatic rings. The normalized spacial score (nSPS) is 10.5. The number of hydrogen-bond donors (Lipinski definition) is 2. The van der Waals surface area contributed by atoms with Gasteiger partial charge in [-0.15, -0.1) is 0 Å². The number of carbonyl (C=O) groups is 1. The van der Waals surface area contributed by atoms with Crippen molar-refractivity contribution >= 4 is 17.5 Å². The quantitative estimate of drug-likeness (QED) is 0.807. The summed E-state index contributed by atoms with van der Waals surface area (Å²) in [5.41, 5.74) is 6.79. The van der Waals surface area contributed by atoms with Crippen molar-refractivity contribution in [3.63, 3.8) is 0 Å². The molecule has 0 aromatic carbocycles. The van der Waals surface area contributed by atoms with Gasteiger partial charge in [-0.2, -0.15) is 0 Å². The first kappa shape index (κ1) is 14.2. The Labute approximate surface area is 108 Å². The van der Waals surface area contributed by atoms with E-state index in [0.717, 1.165) is 11.4 Å². The molecule has 3 N–H and O–H groups in total. The number of anilines is 2. The molecule has 0 fully saturated rings. The predicted molar refractivity (Wildman–Crippen MR) is 72.5 cm³/mol. The average molecular weight is 251 g/mol. The van der Waals surface area contributed by atoms with Crippen molar-refractivity contribution < 1.29 is 4.79 Å². The van der Waals surface area contributed by atoms with Gasteiger partial charge >= 0.3 is 0 Å². The first-order chi connectivity index (χ1) is 8.51. The first-order valence-corrected chi connectivity index (χ1v) is 6.07. The average Bonchev–Trinajstić information content (AvgIpc) is 2.34. The van der Waals surface area contributed by atoms with Gasteiger partial charge < -0.3 is 16.0 Å². The molecule has 0 radical (unpaired) electrons. The predicted octanol–water partition coefficient (Wildman–Crippen LogP) is 0.754. The fourth-order valence-electron chi connectivity index (χ4n) is 1.79. The summed E-state index contributed by atoms with van der Waals surface area (Å²) in [6.07, 6.45) is 1.43. The van der Waals surface area contributed by atoms with Crippen LogP contribution in [0.4, 0.5) is 11.6 Å². The number of hydrogen-bond acceptors (Lipinski definition) is 5. The molecule has 6 nitrogen and oxygen atoms in total. The zero-order valence-electron chi connectivity index (χ0n) is 11.4. The highest BCUT2D eigenvalue weighted by atomic mass is 16.1. The second kappa shape index (κ2) is 6.18. The maximum Gasteiger partial charge on any atom is 0.239 e. The van der Waals surface area contributed by atoms with Gasteiger partial charge in [-0.3, -0.25) is 4.79 Å². The van der Waals surface area contributed by atoms with Crippen molar-refractivity contribution in [2.24, 2.45) is 0 Å². The van der Waals surface area contributed by atoms with Crippen LogP contribution in [0.25, 0.3) is 0 Å². The summed E-state index contributed by atoms with van der Waals surface area (Å²) in [5.74, 6) is 1.37. The third-order valence-corrected chi connectivity index (χ3v) is 2.77. The van der Waals surface area contributed by atoms with Crippen LogP contribution in [0.3, 0.4) is 0 Å². The van der Waals surface area contributed by atoms with Crippen LogP contribution < -0.4 is 16.0 Å². The van der Waals surface area contributed by atoms with Crippen molar-refractivity contribution in [3.8, 4) is 0 Å². The Bertz CT molecular complexity index is 419. The van der Waals surface area contributed by atoms with Crippen molar-refractivity contribution in [3.05, 3.63) is 11.9 Å².